The average molecular weight is 816 g/mol. The van der Waals surface area contributed by atoms with E-state index in [2.05, 4.69) is 134 Å². The Kier molecular flexibility index (Phi) is 13.7. The van der Waals surface area contributed by atoms with Gasteiger partial charge in [-0.1, -0.05) is 39.2 Å². The first-order chi connectivity index (χ1) is 29.0. The number of methoxy groups -OCH3 is 4. The lowest BCUT2D eigenvalue weighted by Gasteiger charge is -2.31. The van der Waals surface area contributed by atoms with Gasteiger partial charge in [0.2, 0.25) is 5.69 Å². The number of allylic oxidation sites excluding steroid dienone is 7. The normalized spacial score (nSPS) is 20.4. The second-order valence-corrected chi connectivity index (χ2v) is 18.1. The molecule has 1 unspecified atom stereocenters. The van der Waals surface area contributed by atoms with Crippen LogP contribution >= 0.6 is 0 Å². The highest BCUT2D eigenvalue weighted by molar-refractivity contribution is 6.03. The molecule has 3 aromatic rings. The van der Waals surface area contributed by atoms with E-state index in [0.29, 0.717) is 19.1 Å². The molecule has 1 saturated carbocycles. The minimum Gasteiger partial charge on any atom is -0.497 e. The molecule has 60 heavy (non-hydrogen) atoms. The van der Waals surface area contributed by atoms with Crippen LogP contribution in [0.25, 0.3) is 0 Å². The number of hydrogen-bond acceptors (Lipinski definition) is 6. The molecule has 0 bridgehead atoms. The minimum absolute atomic E-state index is 0.0340. The van der Waals surface area contributed by atoms with Crippen LogP contribution in [0.1, 0.15) is 108 Å². The lowest BCUT2D eigenvalue weighted by atomic mass is 9.81. The van der Waals surface area contributed by atoms with Crippen molar-refractivity contribution in [2.24, 2.45) is 13.0 Å². The number of aromatic nitrogens is 1. The Hall–Kier alpha value is -4.66. The summed E-state index contributed by atoms with van der Waals surface area (Å²) in [6.45, 7) is 12.5. The van der Waals surface area contributed by atoms with Crippen LogP contribution in [-0.2, 0) is 32.1 Å². The molecule has 0 saturated heterocycles. The first-order valence-corrected chi connectivity index (χ1v) is 22.2. The maximum absolute atomic E-state index is 7.56. The van der Waals surface area contributed by atoms with Gasteiger partial charge in [-0.3, -0.25) is 0 Å². The number of ether oxygens (including phenoxy) is 5. The predicted octanol–water partition coefficient (Wildman–Crippen LogP) is 10.5. The van der Waals surface area contributed by atoms with Crippen molar-refractivity contribution >= 4 is 17.1 Å². The number of aryl methyl sites for hydroxylation is 1. The summed E-state index contributed by atoms with van der Waals surface area (Å²) in [5.74, 6) is 3.26. The molecule has 0 radical (unpaired) electrons. The Morgan fingerprint density at radius 1 is 0.800 bits per heavy atom. The Morgan fingerprint density at radius 3 is 2.23 bits per heavy atom. The highest BCUT2D eigenvalue weighted by Gasteiger charge is 2.45. The third kappa shape index (κ3) is 8.87. The van der Waals surface area contributed by atoms with Gasteiger partial charge in [0.1, 0.15) is 30.4 Å². The average Bonchev–Trinajstić information content (AvgIpc) is 3.81. The van der Waals surface area contributed by atoms with Crippen molar-refractivity contribution < 1.29 is 32.8 Å². The van der Waals surface area contributed by atoms with E-state index in [1.807, 2.05) is 0 Å². The molecular formula is C52H69N3O5+2. The maximum atomic E-state index is 7.56. The summed E-state index contributed by atoms with van der Waals surface area (Å²) in [5, 5.41) is 0. The molecule has 0 N–H and O–H groups in total. The van der Waals surface area contributed by atoms with Gasteiger partial charge in [-0.2, -0.15) is 4.58 Å². The topological polar surface area (TPSA) is 56.3 Å². The first-order valence-electron chi connectivity index (χ1n) is 22.2. The molecule has 2 aromatic carbocycles. The number of anilines is 1. The molecule has 0 spiro atoms. The van der Waals surface area contributed by atoms with Crippen LogP contribution in [0.5, 0.6) is 11.5 Å². The second-order valence-electron chi connectivity index (χ2n) is 18.1. The lowest BCUT2D eigenvalue weighted by Crippen LogP contribution is -2.29. The van der Waals surface area contributed by atoms with E-state index in [1.165, 1.54) is 82.7 Å². The van der Waals surface area contributed by atoms with Crippen LogP contribution in [0.15, 0.2) is 108 Å². The maximum Gasteiger partial charge on any atom is 0.210 e. The molecule has 3 heterocycles. The Bertz CT molecular complexity index is 2170. The summed E-state index contributed by atoms with van der Waals surface area (Å²) in [6.07, 6.45) is 23.7. The van der Waals surface area contributed by atoms with Crippen LogP contribution < -0.4 is 18.9 Å². The zero-order valence-corrected chi connectivity index (χ0v) is 37.8. The summed E-state index contributed by atoms with van der Waals surface area (Å²) in [5.41, 5.74) is 10.9. The van der Waals surface area contributed by atoms with E-state index in [9.17, 15) is 0 Å². The number of hydrogen-bond donors (Lipinski definition) is 0. The van der Waals surface area contributed by atoms with Crippen molar-refractivity contribution in [3.8, 4) is 11.5 Å². The Labute approximate surface area is 359 Å². The second kappa shape index (κ2) is 18.9. The molecule has 2 aliphatic carbocycles. The SMILES string of the molecule is COCCCN1/C(=C/C=C2\CCC(/C=C/C3=[N+](CCCOC)c4ccc(OC)cc4C3(C)C)=C2OC(c2ccc[n+](C)c2)C2CCCCC2)C(C)(C)c2cc(OC)ccc21. The van der Waals surface area contributed by atoms with E-state index in [1.54, 1.807) is 28.4 Å². The van der Waals surface area contributed by atoms with Crippen molar-refractivity contribution in [1.82, 2.24) is 0 Å². The molecule has 4 aliphatic rings. The fraction of sp³-hybridized carbons (Fsp3) is 0.500. The largest absolute Gasteiger partial charge is 0.497 e. The van der Waals surface area contributed by atoms with Crippen molar-refractivity contribution in [3.05, 3.63) is 125 Å². The summed E-state index contributed by atoms with van der Waals surface area (Å²) < 4.78 is 34.7. The third-order valence-corrected chi connectivity index (χ3v) is 13.4. The summed E-state index contributed by atoms with van der Waals surface area (Å²) in [4.78, 5) is 2.49. The van der Waals surface area contributed by atoms with Gasteiger partial charge >= 0.3 is 0 Å². The fourth-order valence-electron chi connectivity index (χ4n) is 10.1. The van der Waals surface area contributed by atoms with Gasteiger partial charge < -0.3 is 28.6 Å². The summed E-state index contributed by atoms with van der Waals surface area (Å²) in [7, 11) is 9.18. The van der Waals surface area contributed by atoms with Crippen molar-refractivity contribution in [1.29, 1.82) is 0 Å². The third-order valence-electron chi connectivity index (χ3n) is 13.4. The highest BCUT2D eigenvalue weighted by Crippen LogP contribution is 2.50. The van der Waals surface area contributed by atoms with Crippen LogP contribution in [0.2, 0.25) is 0 Å². The number of benzene rings is 2. The molecule has 1 atom stereocenters. The molecule has 7 rings (SSSR count). The highest BCUT2D eigenvalue weighted by atomic mass is 16.5. The summed E-state index contributed by atoms with van der Waals surface area (Å²) >= 11 is 0. The Morgan fingerprint density at radius 2 is 1.52 bits per heavy atom. The van der Waals surface area contributed by atoms with Crippen molar-refractivity contribution in [2.75, 3.05) is 59.6 Å². The van der Waals surface area contributed by atoms with E-state index < -0.39 is 0 Å². The van der Waals surface area contributed by atoms with Crippen molar-refractivity contribution in [2.45, 2.75) is 102 Å². The van der Waals surface area contributed by atoms with E-state index in [4.69, 9.17) is 23.7 Å². The number of fused-ring (bicyclic) bond motifs is 2. The quantitative estimate of drug-likeness (QED) is 0.0999. The van der Waals surface area contributed by atoms with Gasteiger partial charge in [0.15, 0.2) is 24.7 Å². The standard InChI is InChI=1S/C52H69N3O5/c1-51(2)43-34-41(58-8)23-25-45(43)54(30-14-32-56-6)47(51)27-21-38-19-20-39(49(38)60-50(37-16-11-10-12-17-37)40-18-13-29-53(5)36-40)22-28-48-52(3,4)44-35-42(59-9)24-26-46(44)55(48)31-15-33-57-7/h13,18,21-29,34-37,50H,10-12,14-17,19-20,30-33H2,1-9H3/q+2. The van der Waals surface area contributed by atoms with Crippen LogP contribution in [0, 0.1) is 5.92 Å². The van der Waals surface area contributed by atoms with Gasteiger partial charge in [-0.15, -0.1) is 0 Å². The minimum atomic E-state index is -0.224. The molecule has 1 fully saturated rings. The Balaban J connectivity index is 1.34. The van der Waals surface area contributed by atoms with Crippen LogP contribution in [0.4, 0.5) is 11.4 Å². The van der Waals surface area contributed by atoms with E-state index in [0.717, 1.165) is 56.0 Å². The zero-order chi connectivity index (χ0) is 42.4. The van der Waals surface area contributed by atoms with Gasteiger partial charge in [0.05, 0.1) is 31.8 Å². The molecular weight excluding hydrogens is 747 g/mol. The fourth-order valence-corrected chi connectivity index (χ4v) is 10.1. The van der Waals surface area contributed by atoms with Gasteiger partial charge in [-0.05, 0) is 111 Å². The van der Waals surface area contributed by atoms with E-state index >= 15 is 0 Å². The van der Waals surface area contributed by atoms with Gasteiger partial charge in [0.25, 0.3) is 0 Å². The van der Waals surface area contributed by atoms with Gasteiger partial charge in [0, 0.05) is 80.3 Å². The van der Waals surface area contributed by atoms with Crippen LogP contribution in [-0.4, -0.2) is 65.0 Å². The molecule has 8 heteroatoms. The monoisotopic (exact) mass is 816 g/mol. The first kappa shape index (κ1) is 43.4. The molecule has 1 aromatic heterocycles. The number of pyridine rings is 1. The van der Waals surface area contributed by atoms with Gasteiger partial charge in [-0.25, -0.2) is 4.57 Å². The number of rotatable bonds is 17. The predicted molar refractivity (Wildman–Crippen MR) is 242 cm³/mol. The van der Waals surface area contributed by atoms with Crippen molar-refractivity contribution in [3.63, 3.8) is 0 Å². The molecule has 0 amide bonds. The van der Waals surface area contributed by atoms with E-state index in [-0.39, 0.29) is 16.9 Å². The molecule has 8 nitrogen and oxygen atoms in total. The zero-order valence-electron chi connectivity index (χ0n) is 37.8. The van der Waals surface area contributed by atoms with Crippen LogP contribution in [0.3, 0.4) is 0 Å². The number of nitrogens with zero attached hydrogens (tertiary/aromatic N) is 3. The smallest absolute Gasteiger partial charge is 0.210 e. The lowest BCUT2D eigenvalue weighted by molar-refractivity contribution is -0.672. The molecule has 320 valence electrons. The molecule has 2 aliphatic heterocycles. The summed E-state index contributed by atoms with van der Waals surface area (Å²) in [6, 6.07) is 17.4.